The van der Waals surface area contributed by atoms with Crippen molar-refractivity contribution in [2.75, 3.05) is 0 Å². The van der Waals surface area contributed by atoms with Crippen LogP contribution in [0.2, 0.25) is 0 Å². The molecule has 7 aromatic carbocycles. The third-order valence-corrected chi connectivity index (χ3v) is 9.55. The molecular formula is C45H29N3O2. The first-order chi connectivity index (χ1) is 24.7. The molecule has 1 atom stereocenters. The zero-order valence-electron chi connectivity index (χ0n) is 26.9. The standard InChI is InChI=1S/C45H29N3O2/c1-3-11-28(12-4-1)30-15-9-16-32(25-30)44-46-43(29-13-5-2-6-14-29)47-45(48-44)33-22-24-37-36-23-21-31(26-40(36)49-41(37)27-33)34-18-10-19-38-35-17-7-8-20-39(35)50-42(34)38/h1-27,44H,(H,46,47,48). The molecule has 0 fully saturated rings. The molecular weight excluding hydrogens is 615 g/mol. The van der Waals surface area contributed by atoms with Crippen molar-refractivity contribution in [3.05, 3.63) is 180 Å². The second kappa shape index (κ2) is 11.5. The van der Waals surface area contributed by atoms with Crippen molar-refractivity contribution in [3.63, 3.8) is 0 Å². The van der Waals surface area contributed by atoms with E-state index in [1.807, 2.05) is 42.5 Å². The maximum atomic E-state index is 6.56. The van der Waals surface area contributed by atoms with Crippen LogP contribution in [0.1, 0.15) is 22.9 Å². The number of aliphatic imine (C=N–C) groups is 2. The largest absolute Gasteiger partial charge is 0.456 e. The van der Waals surface area contributed by atoms with Gasteiger partial charge in [0.1, 0.15) is 34.3 Å². The van der Waals surface area contributed by atoms with Gasteiger partial charge in [0.05, 0.1) is 0 Å². The topological polar surface area (TPSA) is 63.0 Å². The molecule has 0 saturated heterocycles. The van der Waals surface area contributed by atoms with Gasteiger partial charge in [-0.1, -0.05) is 127 Å². The smallest absolute Gasteiger partial charge is 0.159 e. The quantitative estimate of drug-likeness (QED) is 0.203. The Labute approximate surface area is 287 Å². The second-order valence-corrected chi connectivity index (χ2v) is 12.6. The Morgan fingerprint density at radius 3 is 1.90 bits per heavy atom. The van der Waals surface area contributed by atoms with Crippen LogP contribution in [-0.2, 0) is 0 Å². The van der Waals surface area contributed by atoms with Gasteiger partial charge in [-0.05, 0) is 58.7 Å². The predicted molar refractivity (Wildman–Crippen MR) is 204 cm³/mol. The van der Waals surface area contributed by atoms with Crippen LogP contribution in [0.15, 0.2) is 183 Å². The Morgan fingerprint density at radius 2 is 1.08 bits per heavy atom. The molecule has 2 aromatic heterocycles. The number of nitrogens with zero attached hydrogens (tertiary/aromatic N) is 2. The second-order valence-electron chi connectivity index (χ2n) is 12.6. The number of hydrogen-bond donors (Lipinski definition) is 1. The number of nitrogens with one attached hydrogen (secondary N) is 1. The lowest BCUT2D eigenvalue weighted by Gasteiger charge is -2.24. The van der Waals surface area contributed by atoms with E-state index in [2.05, 4.69) is 127 Å². The summed E-state index contributed by atoms with van der Waals surface area (Å²) < 4.78 is 12.9. The van der Waals surface area contributed by atoms with Crippen molar-refractivity contribution in [1.82, 2.24) is 5.32 Å². The molecule has 0 radical (unpaired) electrons. The van der Waals surface area contributed by atoms with Crippen molar-refractivity contribution in [2.45, 2.75) is 6.17 Å². The highest BCUT2D eigenvalue weighted by molar-refractivity contribution is 6.15. The summed E-state index contributed by atoms with van der Waals surface area (Å²) in [4.78, 5) is 10.2. The van der Waals surface area contributed by atoms with Crippen LogP contribution < -0.4 is 5.32 Å². The number of furan rings is 2. The highest BCUT2D eigenvalue weighted by Crippen LogP contribution is 2.38. The Balaban J connectivity index is 1.06. The first-order valence-electron chi connectivity index (χ1n) is 16.8. The summed E-state index contributed by atoms with van der Waals surface area (Å²) in [7, 11) is 0. The van der Waals surface area contributed by atoms with E-state index in [-0.39, 0.29) is 6.17 Å². The van der Waals surface area contributed by atoms with E-state index in [4.69, 9.17) is 18.8 Å². The van der Waals surface area contributed by atoms with E-state index in [9.17, 15) is 0 Å². The van der Waals surface area contributed by atoms with E-state index in [0.29, 0.717) is 5.84 Å². The van der Waals surface area contributed by atoms with E-state index in [1.54, 1.807) is 0 Å². The minimum atomic E-state index is -0.323. The molecule has 0 bridgehead atoms. The molecule has 5 heteroatoms. The molecule has 0 spiro atoms. The summed E-state index contributed by atoms with van der Waals surface area (Å²) in [6, 6.07) is 56.3. The van der Waals surface area contributed by atoms with Gasteiger partial charge in [-0.15, -0.1) is 0 Å². The monoisotopic (exact) mass is 643 g/mol. The van der Waals surface area contributed by atoms with Gasteiger partial charge >= 0.3 is 0 Å². The van der Waals surface area contributed by atoms with Gasteiger partial charge in [0, 0.05) is 38.2 Å². The van der Waals surface area contributed by atoms with Crippen molar-refractivity contribution < 1.29 is 8.83 Å². The van der Waals surface area contributed by atoms with Crippen LogP contribution in [0, 0.1) is 0 Å². The maximum absolute atomic E-state index is 6.56. The van der Waals surface area contributed by atoms with Gasteiger partial charge < -0.3 is 14.2 Å². The molecule has 1 aliphatic rings. The molecule has 1 N–H and O–H groups in total. The van der Waals surface area contributed by atoms with E-state index in [0.717, 1.165) is 83.1 Å². The number of rotatable bonds is 5. The number of para-hydroxylation sites is 2. The van der Waals surface area contributed by atoms with Crippen LogP contribution in [0.3, 0.4) is 0 Å². The fourth-order valence-corrected chi connectivity index (χ4v) is 7.07. The van der Waals surface area contributed by atoms with Crippen LogP contribution in [0.4, 0.5) is 0 Å². The van der Waals surface area contributed by atoms with Crippen LogP contribution >= 0.6 is 0 Å². The summed E-state index contributed by atoms with van der Waals surface area (Å²) in [5.41, 5.74) is 10.7. The molecule has 50 heavy (non-hydrogen) atoms. The third-order valence-electron chi connectivity index (χ3n) is 9.55. The van der Waals surface area contributed by atoms with E-state index >= 15 is 0 Å². The van der Waals surface area contributed by atoms with Crippen LogP contribution in [-0.4, -0.2) is 11.7 Å². The average Bonchev–Trinajstić information content (AvgIpc) is 3.76. The maximum Gasteiger partial charge on any atom is 0.159 e. The highest BCUT2D eigenvalue weighted by Gasteiger charge is 2.22. The average molecular weight is 644 g/mol. The summed E-state index contributed by atoms with van der Waals surface area (Å²) in [6.07, 6.45) is -0.323. The summed E-state index contributed by atoms with van der Waals surface area (Å²) in [6.45, 7) is 0. The van der Waals surface area contributed by atoms with Crippen LogP contribution in [0.5, 0.6) is 0 Å². The SMILES string of the molecule is c1ccc(C2=NC(c3ccc4c(c3)oc3cc(-c5cccc6c5oc5ccccc56)ccc34)=NC(c3cccc(-c4ccccc4)c3)N2)cc1. The number of fused-ring (bicyclic) bond motifs is 6. The molecule has 5 nitrogen and oxygen atoms in total. The lowest BCUT2D eigenvalue weighted by atomic mass is 10.0. The lowest BCUT2D eigenvalue weighted by Crippen LogP contribution is -2.33. The Morgan fingerprint density at radius 1 is 0.440 bits per heavy atom. The molecule has 0 amide bonds. The molecule has 1 unspecified atom stereocenters. The lowest BCUT2D eigenvalue weighted by molar-refractivity contribution is 0.667. The van der Waals surface area contributed by atoms with Gasteiger partial charge in [-0.2, -0.15) is 0 Å². The molecule has 10 rings (SSSR count). The predicted octanol–water partition coefficient (Wildman–Crippen LogP) is 11.3. The van der Waals surface area contributed by atoms with Gasteiger partial charge in [0.15, 0.2) is 5.84 Å². The van der Waals surface area contributed by atoms with Crippen molar-refractivity contribution in [3.8, 4) is 22.3 Å². The number of hydrogen-bond acceptors (Lipinski definition) is 5. The number of benzene rings is 7. The molecule has 236 valence electrons. The molecule has 1 aliphatic heterocycles. The highest BCUT2D eigenvalue weighted by atomic mass is 16.3. The molecule has 9 aromatic rings. The minimum Gasteiger partial charge on any atom is -0.456 e. The molecule has 3 heterocycles. The Bertz CT molecular complexity index is 2790. The summed E-state index contributed by atoms with van der Waals surface area (Å²) in [5, 5.41) is 7.93. The fourth-order valence-electron chi connectivity index (χ4n) is 7.07. The molecule has 0 saturated carbocycles. The van der Waals surface area contributed by atoms with Gasteiger partial charge in [0.25, 0.3) is 0 Å². The Kier molecular flexibility index (Phi) is 6.49. The Hall–Kier alpha value is -6.72. The third kappa shape index (κ3) is 4.79. The van der Waals surface area contributed by atoms with Gasteiger partial charge in [-0.3, -0.25) is 0 Å². The fraction of sp³-hybridized carbons (Fsp3) is 0.0222. The van der Waals surface area contributed by atoms with Crippen LogP contribution in [0.25, 0.3) is 66.1 Å². The van der Waals surface area contributed by atoms with E-state index < -0.39 is 0 Å². The summed E-state index contributed by atoms with van der Waals surface area (Å²) >= 11 is 0. The minimum absolute atomic E-state index is 0.323. The first-order valence-corrected chi connectivity index (χ1v) is 16.8. The van der Waals surface area contributed by atoms with Gasteiger partial charge in [-0.25, -0.2) is 9.98 Å². The van der Waals surface area contributed by atoms with Crippen molar-refractivity contribution in [2.24, 2.45) is 9.98 Å². The van der Waals surface area contributed by atoms with Gasteiger partial charge in [0.2, 0.25) is 0 Å². The number of amidine groups is 2. The normalized spacial score (nSPS) is 14.6. The molecule has 0 aliphatic carbocycles. The zero-order valence-corrected chi connectivity index (χ0v) is 26.9. The van der Waals surface area contributed by atoms with Crippen molar-refractivity contribution >= 4 is 55.5 Å². The first kappa shape index (κ1) is 28.3. The van der Waals surface area contributed by atoms with Crippen molar-refractivity contribution in [1.29, 1.82) is 0 Å². The zero-order chi connectivity index (χ0) is 33.0. The van der Waals surface area contributed by atoms with E-state index in [1.165, 1.54) is 5.56 Å². The summed E-state index contributed by atoms with van der Waals surface area (Å²) in [5.74, 6) is 1.43.